The summed E-state index contributed by atoms with van der Waals surface area (Å²) in [6, 6.07) is 65.0. The van der Waals surface area contributed by atoms with Crippen LogP contribution in [0.5, 0.6) is 11.5 Å². The van der Waals surface area contributed by atoms with E-state index in [1.165, 1.54) is 70.6 Å². The molecule has 3 nitrogen and oxygen atoms in total. The zero-order valence-corrected chi connectivity index (χ0v) is 37.7. The Morgan fingerprint density at radius 1 is 0.444 bits per heavy atom. The van der Waals surface area contributed by atoms with Crippen LogP contribution in [0, 0.1) is 0 Å². The van der Waals surface area contributed by atoms with Crippen molar-refractivity contribution >= 4 is 92.1 Å². The largest absolute Gasteiger partial charge is 0.458 e. The number of nitrogens with zero attached hydrogens (tertiary/aromatic N) is 2. The van der Waals surface area contributed by atoms with Crippen molar-refractivity contribution in [2.75, 3.05) is 9.80 Å². The van der Waals surface area contributed by atoms with Crippen LogP contribution in [0.3, 0.4) is 0 Å². The summed E-state index contributed by atoms with van der Waals surface area (Å²) in [6.45, 7) is 14.2. The fourth-order valence-corrected chi connectivity index (χ4v) is 11.6. The molecule has 6 heteroatoms. The molecule has 8 aromatic rings. The number of ether oxygens (including phenoxy) is 1. The van der Waals surface area contributed by atoms with Gasteiger partial charge in [-0.2, -0.15) is 0 Å². The molecule has 0 N–H and O–H groups in total. The lowest BCUT2D eigenvalue weighted by molar-refractivity contribution is 0.486. The summed E-state index contributed by atoms with van der Waals surface area (Å²) in [5.74, 6) is 2.98. The smallest absolute Gasteiger partial charge is 0.256 e. The van der Waals surface area contributed by atoms with Crippen LogP contribution in [0.1, 0.15) is 76.0 Å². The molecule has 0 unspecified atom stereocenters. The van der Waals surface area contributed by atoms with Gasteiger partial charge in [-0.3, -0.25) is 0 Å². The van der Waals surface area contributed by atoms with E-state index in [1.807, 2.05) is 11.8 Å². The van der Waals surface area contributed by atoms with Crippen LogP contribution in [0.4, 0.5) is 34.1 Å². The first-order valence-electron chi connectivity index (χ1n) is 22.6. The molecule has 0 amide bonds. The second kappa shape index (κ2) is 15.8. The molecule has 63 heavy (non-hydrogen) atoms. The van der Waals surface area contributed by atoms with Crippen LogP contribution in [0.15, 0.2) is 186 Å². The summed E-state index contributed by atoms with van der Waals surface area (Å²) in [5.41, 5.74) is 19.2. The van der Waals surface area contributed by atoms with E-state index in [9.17, 15) is 0 Å². The predicted molar refractivity (Wildman–Crippen MR) is 271 cm³/mol. The maximum Gasteiger partial charge on any atom is 0.256 e. The first-order valence-corrected chi connectivity index (χ1v) is 23.4. The summed E-state index contributed by atoms with van der Waals surface area (Å²) in [6.07, 6.45) is 0. The van der Waals surface area contributed by atoms with Gasteiger partial charge in [0.15, 0.2) is 0 Å². The van der Waals surface area contributed by atoms with Crippen molar-refractivity contribution in [3.63, 3.8) is 0 Å². The van der Waals surface area contributed by atoms with Crippen LogP contribution in [0.25, 0.3) is 0 Å². The topological polar surface area (TPSA) is 15.7 Å². The van der Waals surface area contributed by atoms with Gasteiger partial charge in [0, 0.05) is 43.9 Å². The first kappa shape index (κ1) is 39.5. The molecule has 0 fully saturated rings. The van der Waals surface area contributed by atoms with Crippen molar-refractivity contribution in [1.29, 1.82) is 0 Å². The van der Waals surface area contributed by atoms with Gasteiger partial charge < -0.3 is 14.5 Å². The third-order valence-electron chi connectivity index (χ3n) is 13.3. The van der Waals surface area contributed by atoms with Crippen molar-refractivity contribution in [3.8, 4) is 11.5 Å². The Hall–Kier alpha value is -6.36. The van der Waals surface area contributed by atoms with Crippen LogP contribution < -0.4 is 47.3 Å². The summed E-state index contributed by atoms with van der Waals surface area (Å²) < 4.78 is 7.11. The number of fused-ring (bicyclic) bond motifs is 6. The SMILES string of the molecule is CC(C)c1cc(C(C)C)c(B2c3ccc(N(c4ccccc4)c4ccccc4)cc3Sc3cc4c(cc32)B2c3ccccc3N(c3ccccc3)c3cccc(c32)O4)c(C(C)C)c1. The van der Waals surface area contributed by atoms with Gasteiger partial charge in [-0.25, -0.2) is 0 Å². The minimum absolute atomic E-state index is 0.0126. The molecule has 306 valence electrons. The number of benzene rings is 8. The Labute approximate surface area is 377 Å². The molecule has 0 saturated carbocycles. The quantitative estimate of drug-likeness (QED) is 0.142. The predicted octanol–water partition coefficient (Wildman–Crippen LogP) is 11.9. The van der Waals surface area contributed by atoms with Crippen LogP contribution in [-0.4, -0.2) is 13.4 Å². The Balaban J connectivity index is 1.16. The van der Waals surface area contributed by atoms with Crippen LogP contribution >= 0.6 is 11.8 Å². The van der Waals surface area contributed by atoms with Crippen LogP contribution in [0.2, 0.25) is 0 Å². The number of hydrogen-bond acceptors (Lipinski definition) is 4. The first-order chi connectivity index (χ1) is 30.7. The van der Waals surface area contributed by atoms with E-state index in [2.05, 4.69) is 227 Å². The molecular formula is C57H50B2N2OS. The Morgan fingerprint density at radius 3 is 1.68 bits per heavy atom. The standard InChI is InChI=1S/C57H50B2N2OS/c1-36(2)39-31-44(37(3)4)56(45(32-39)38(5)6)59-47-30-29-43(60(40-19-10-7-11-20-40)41-21-12-8-13-22-41)33-54(47)63-55-35-53-48(34-49(55)59)58-46-25-16-17-26-50(46)61(42-23-14-9-15-24-42)51-27-18-28-52(62-53)57(51)58/h7-38H,1-6H3. The van der Waals surface area contributed by atoms with Gasteiger partial charge in [-0.1, -0.05) is 173 Å². The highest BCUT2D eigenvalue weighted by molar-refractivity contribution is 8.00. The molecule has 0 radical (unpaired) electrons. The fourth-order valence-electron chi connectivity index (χ4n) is 10.4. The Kier molecular flexibility index (Phi) is 9.88. The molecule has 11 rings (SSSR count). The summed E-state index contributed by atoms with van der Waals surface area (Å²) in [5, 5.41) is 0. The van der Waals surface area contributed by atoms with E-state index < -0.39 is 0 Å². The molecule has 8 aromatic carbocycles. The summed E-state index contributed by atoms with van der Waals surface area (Å²) in [4.78, 5) is 7.32. The van der Waals surface area contributed by atoms with E-state index in [0.717, 1.165) is 34.2 Å². The molecule has 0 saturated heterocycles. The second-order valence-corrected chi connectivity index (χ2v) is 19.3. The monoisotopic (exact) mass is 832 g/mol. The maximum absolute atomic E-state index is 7.11. The van der Waals surface area contributed by atoms with E-state index in [-0.39, 0.29) is 13.4 Å². The van der Waals surface area contributed by atoms with E-state index in [4.69, 9.17) is 4.74 Å². The lowest BCUT2D eigenvalue weighted by Gasteiger charge is -2.40. The average molecular weight is 833 g/mol. The Bertz CT molecular complexity index is 2960. The van der Waals surface area contributed by atoms with Crippen molar-refractivity contribution < 1.29 is 4.74 Å². The molecule has 3 heterocycles. The highest BCUT2D eigenvalue weighted by Crippen LogP contribution is 2.43. The van der Waals surface area contributed by atoms with Crippen molar-refractivity contribution in [2.45, 2.75) is 69.1 Å². The molecule has 0 aromatic heterocycles. The van der Waals surface area contributed by atoms with Crippen LogP contribution in [-0.2, 0) is 0 Å². The summed E-state index contributed by atoms with van der Waals surface area (Å²) >= 11 is 1.89. The second-order valence-electron chi connectivity index (χ2n) is 18.2. The number of para-hydroxylation sites is 4. The molecule has 3 aliphatic heterocycles. The molecular weight excluding hydrogens is 782 g/mol. The van der Waals surface area contributed by atoms with Gasteiger partial charge in [-0.15, -0.1) is 0 Å². The van der Waals surface area contributed by atoms with Gasteiger partial charge in [0.05, 0.1) is 0 Å². The van der Waals surface area contributed by atoms with Gasteiger partial charge in [0.1, 0.15) is 11.5 Å². The lowest BCUT2D eigenvalue weighted by Crippen LogP contribution is -2.62. The van der Waals surface area contributed by atoms with Crippen molar-refractivity contribution in [2.24, 2.45) is 0 Å². The van der Waals surface area contributed by atoms with Gasteiger partial charge >= 0.3 is 0 Å². The highest BCUT2D eigenvalue weighted by atomic mass is 32.2. The highest BCUT2D eigenvalue weighted by Gasteiger charge is 2.44. The number of hydrogen-bond donors (Lipinski definition) is 0. The summed E-state index contributed by atoms with van der Waals surface area (Å²) in [7, 11) is 0. The van der Waals surface area contributed by atoms with Gasteiger partial charge in [0.2, 0.25) is 6.71 Å². The molecule has 3 aliphatic rings. The normalized spacial score (nSPS) is 13.3. The molecule has 0 bridgehead atoms. The van der Waals surface area contributed by atoms with Crippen molar-refractivity contribution in [3.05, 3.63) is 193 Å². The number of rotatable bonds is 8. The zero-order valence-electron chi connectivity index (χ0n) is 36.8. The lowest BCUT2D eigenvalue weighted by atomic mass is 9.31. The average Bonchev–Trinajstić information content (AvgIpc) is 3.30. The maximum atomic E-state index is 7.11. The minimum Gasteiger partial charge on any atom is -0.458 e. The third-order valence-corrected chi connectivity index (χ3v) is 14.5. The van der Waals surface area contributed by atoms with Gasteiger partial charge in [-0.05, 0) is 124 Å². The van der Waals surface area contributed by atoms with Crippen molar-refractivity contribution in [1.82, 2.24) is 0 Å². The minimum atomic E-state index is 0.0126. The molecule has 0 atom stereocenters. The van der Waals surface area contributed by atoms with Gasteiger partial charge in [0.25, 0.3) is 6.71 Å². The Morgan fingerprint density at radius 2 is 1.03 bits per heavy atom. The number of anilines is 6. The molecule has 0 spiro atoms. The third kappa shape index (κ3) is 6.61. The fraction of sp³-hybridized carbons (Fsp3) is 0.158. The molecule has 0 aliphatic carbocycles. The van der Waals surface area contributed by atoms with E-state index in [1.54, 1.807) is 0 Å². The van der Waals surface area contributed by atoms with E-state index >= 15 is 0 Å². The zero-order chi connectivity index (χ0) is 42.9. The van der Waals surface area contributed by atoms with E-state index in [0.29, 0.717) is 17.8 Å².